The van der Waals surface area contributed by atoms with E-state index in [0.717, 1.165) is 24.0 Å². The molecule has 1 aliphatic heterocycles. The Labute approximate surface area is 175 Å². The Balaban J connectivity index is 1.38. The molecule has 154 valence electrons. The Morgan fingerprint density at radius 2 is 1.77 bits per heavy atom. The highest BCUT2D eigenvalue weighted by Crippen LogP contribution is 2.50. The van der Waals surface area contributed by atoms with E-state index in [0.29, 0.717) is 31.5 Å². The molecule has 0 N–H and O–H groups in total. The first kappa shape index (κ1) is 19.0. The lowest BCUT2D eigenvalue weighted by molar-refractivity contribution is -0.133. The van der Waals surface area contributed by atoms with Crippen LogP contribution in [0.5, 0.6) is 0 Å². The molecule has 0 bridgehead atoms. The maximum Gasteiger partial charge on any atom is 0.247 e. The maximum absolute atomic E-state index is 13.5. The number of amides is 1. The molecule has 1 saturated heterocycles. The van der Waals surface area contributed by atoms with Gasteiger partial charge in [-0.25, -0.2) is 0 Å². The third kappa shape index (κ3) is 3.31. The summed E-state index contributed by atoms with van der Waals surface area (Å²) < 4.78 is 11.5. The molecule has 0 radical (unpaired) electrons. The van der Waals surface area contributed by atoms with Crippen LogP contribution in [0, 0.1) is 5.92 Å². The first-order valence-corrected chi connectivity index (χ1v) is 10.4. The molecule has 6 nitrogen and oxygen atoms in total. The van der Waals surface area contributed by atoms with E-state index in [1.165, 1.54) is 0 Å². The molecule has 2 unspecified atom stereocenters. The fourth-order valence-corrected chi connectivity index (χ4v) is 4.59. The molecule has 2 aromatic carbocycles. The van der Waals surface area contributed by atoms with Crippen molar-refractivity contribution < 1.29 is 13.9 Å². The van der Waals surface area contributed by atoms with Gasteiger partial charge in [0, 0.05) is 31.7 Å². The van der Waals surface area contributed by atoms with Crippen molar-refractivity contribution in [1.29, 1.82) is 0 Å². The Hall–Kier alpha value is -2.99. The number of benzene rings is 2. The normalized spacial score (nSPS) is 22.2. The van der Waals surface area contributed by atoms with Gasteiger partial charge >= 0.3 is 0 Å². The lowest BCUT2D eigenvalue weighted by atomic mass is 9.94. The first-order chi connectivity index (χ1) is 14.7. The van der Waals surface area contributed by atoms with Crippen LogP contribution in [-0.2, 0) is 14.9 Å². The molecule has 1 amide bonds. The van der Waals surface area contributed by atoms with Gasteiger partial charge in [-0.05, 0) is 30.5 Å². The number of methoxy groups -OCH3 is 1. The average Bonchev–Trinajstić information content (AvgIpc) is 3.27. The summed E-state index contributed by atoms with van der Waals surface area (Å²) in [5.74, 6) is 1.41. The monoisotopic (exact) mass is 403 g/mol. The van der Waals surface area contributed by atoms with Crippen molar-refractivity contribution in [1.82, 2.24) is 15.1 Å². The molecule has 1 aromatic heterocycles. The number of aromatic nitrogens is 2. The second kappa shape index (κ2) is 7.69. The van der Waals surface area contributed by atoms with Crippen LogP contribution in [0.25, 0.3) is 11.5 Å². The van der Waals surface area contributed by atoms with Crippen LogP contribution in [-0.4, -0.2) is 47.8 Å². The predicted octanol–water partition coefficient (Wildman–Crippen LogP) is 3.66. The smallest absolute Gasteiger partial charge is 0.247 e. The van der Waals surface area contributed by atoms with Gasteiger partial charge in [0.25, 0.3) is 0 Å². The summed E-state index contributed by atoms with van der Waals surface area (Å²) in [6, 6.07) is 19.9. The Morgan fingerprint density at radius 3 is 2.43 bits per heavy atom. The van der Waals surface area contributed by atoms with Crippen LogP contribution in [0.1, 0.15) is 30.2 Å². The van der Waals surface area contributed by atoms with E-state index in [9.17, 15) is 4.79 Å². The van der Waals surface area contributed by atoms with Gasteiger partial charge in [-0.1, -0.05) is 48.5 Å². The van der Waals surface area contributed by atoms with E-state index in [-0.39, 0.29) is 23.2 Å². The summed E-state index contributed by atoms with van der Waals surface area (Å²) in [5, 5.41) is 8.57. The largest absolute Gasteiger partial charge is 0.420 e. The van der Waals surface area contributed by atoms with Gasteiger partial charge in [-0.3, -0.25) is 4.79 Å². The first-order valence-electron chi connectivity index (χ1n) is 10.4. The van der Waals surface area contributed by atoms with E-state index < -0.39 is 0 Å². The van der Waals surface area contributed by atoms with E-state index in [1.54, 1.807) is 7.11 Å². The standard InChI is InChI=1S/C24H25N3O3/c1-29-16-18-14-27(23(28)24(12-13-24)19-10-6-3-7-11-19)15-20(18)22-26-25-21(30-22)17-8-4-2-5-9-17/h2-11,18,20H,12-16H2,1H3. The van der Waals surface area contributed by atoms with E-state index >= 15 is 0 Å². The highest BCUT2D eigenvalue weighted by molar-refractivity contribution is 5.91. The average molecular weight is 403 g/mol. The zero-order chi connectivity index (χ0) is 20.6. The molecule has 2 aliphatic rings. The second-order valence-electron chi connectivity index (χ2n) is 8.29. The topological polar surface area (TPSA) is 68.5 Å². The van der Waals surface area contributed by atoms with E-state index in [2.05, 4.69) is 22.3 Å². The van der Waals surface area contributed by atoms with Crippen LogP contribution >= 0.6 is 0 Å². The zero-order valence-corrected chi connectivity index (χ0v) is 17.0. The predicted molar refractivity (Wildman–Crippen MR) is 112 cm³/mol. The molecule has 3 aromatic rings. The Bertz CT molecular complexity index is 1010. The van der Waals surface area contributed by atoms with Gasteiger partial charge < -0.3 is 14.1 Å². The van der Waals surface area contributed by atoms with Gasteiger partial charge in [0.1, 0.15) is 0 Å². The van der Waals surface area contributed by atoms with Crippen LogP contribution in [0.3, 0.4) is 0 Å². The quantitative estimate of drug-likeness (QED) is 0.628. The van der Waals surface area contributed by atoms with Gasteiger partial charge in [0.2, 0.25) is 17.7 Å². The molecule has 30 heavy (non-hydrogen) atoms. The second-order valence-corrected chi connectivity index (χ2v) is 8.29. The summed E-state index contributed by atoms with van der Waals surface area (Å²) in [7, 11) is 1.69. The zero-order valence-electron chi connectivity index (χ0n) is 17.0. The van der Waals surface area contributed by atoms with Crippen molar-refractivity contribution in [2.24, 2.45) is 5.92 Å². The van der Waals surface area contributed by atoms with Crippen molar-refractivity contribution in [2.45, 2.75) is 24.2 Å². The molecule has 1 saturated carbocycles. The number of nitrogens with zero attached hydrogens (tertiary/aromatic N) is 3. The van der Waals surface area contributed by atoms with Gasteiger partial charge in [-0.15, -0.1) is 10.2 Å². The number of hydrogen-bond donors (Lipinski definition) is 0. The molecule has 6 heteroatoms. The van der Waals surface area contributed by atoms with Gasteiger partial charge in [0.15, 0.2) is 0 Å². The minimum absolute atomic E-state index is 0.0227. The summed E-state index contributed by atoms with van der Waals surface area (Å²) in [6.07, 6.45) is 1.81. The van der Waals surface area contributed by atoms with Gasteiger partial charge in [0.05, 0.1) is 17.9 Å². The van der Waals surface area contributed by atoms with Crippen LogP contribution in [0.15, 0.2) is 65.1 Å². The Kier molecular flexibility index (Phi) is 4.87. The number of carbonyl (C=O) groups excluding carboxylic acids is 1. The van der Waals surface area contributed by atoms with Crippen molar-refractivity contribution in [2.75, 3.05) is 26.8 Å². The molecular formula is C24H25N3O3. The summed E-state index contributed by atoms with van der Waals surface area (Å²) in [4.78, 5) is 15.5. The summed E-state index contributed by atoms with van der Waals surface area (Å²) in [6.45, 7) is 1.78. The number of likely N-dealkylation sites (tertiary alicyclic amines) is 1. The van der Waals surface area contributed by atoms with Crippen molar-refractivity contribution in [3.63, 3.8) is 0 Å². The van der Waals surface area contributed by atoms with Crippen LogP contribution < -0.4 is 0 Å². The minimum atomic E-state index is -0.363. The molecule has 2 heterocycles. The van der Waals surface area contributed by atoms with Crippen molar-refractivity contribution in [3.05, 3.63) is 72.1 Å². The number of ether oxygens (including phenoxy) is 1. The lowest BCUT2D eigenvalue weighted by Gasteiger charge is -2.23. The lowest BCUT2D eigenvalue weighted by Crippen LogP contribution is -2.38. The maximum atomic E-state index is 13.5. The molecule has 1 aliphatic carbocycles. The Morgan fingerprint density at radius 1 is 1.07 bits per heavy atom. The molecule has 2 fully saturated rings. The van der Waals surface area contributed by atoms with Crippen molar-refractivity contribution in [3.8, 4) is 11.5 Å². The third-order valence-electron chi connectivity index (χ3n) is 6.37. The minimum Gasteiger partial charge on any atom is -0.420 e. The fourth-order valence-electron chi connectivity index (χ4n) is 4.59. The molecule has 5 rings (SSSR count). The van der Waals surface area contributed by atoms with Crippen LogP contribution in [0.4, 0.5) is 0 Å². The van der Waals surface area contributed by atoms with E-state index in [1.807, 2.05) is 53.4 Å². The van der Waals surface area contributed by atoms with Crippen molar-refractivity contribution >= 4 is 5.91 Å². The molecule has 2 atom stereocenters. The van der Waals surface area contributed by atoms with E-state index in [4.69, 9.17) is 9.15 Å². The summed E-state index contributed by atoms with van der Waals surface area (Å²) >= 11 is 0. The molecule has 0 spiro atoms. The number of hydrogen-bond acceptors (Lipinski definition) is 5. The van der Waals surface area contributed by atoms with Gasteiger partial charge in [-0.2, -0.15) is 0 Å². The number of carbonyl (C=O) groups is 1. The highest BCUT2D eigenvalue weighted by atomic mass is 16.5. The SMILES string of the molecule is COCC1CN(C(=O)C2(c3ccccc3)CC2)CC1c1nnc(-c2ccccc2)o1. The third-order valence-corrected chi connectivity index (χ3v) is 6.37. The highest BCUT2D eigenvalue weighted by Gasteiger charge is 2.55. The molecular weight excluding hydrogens is 378 g/mol. The summed E-state index contributed by atoms with van der Waals surface area (Å²) in [5.41, 5.74) is 1.65. The fraction of sp³-hybridized carbons (Fsp3) is 0.375. The number of rotatable bonds is 6. The van der Waals surface area contributed by atoms with Crippen LogP contribution in [0.2, 0.25) is 0 Å².